The molecule has 1 unspecified atom stereocenters. The van der Waals surface area contributed by atoms with E-state index < -0.39 is 17.6 Å². The van der Waals surface area contributed by atoms with Crippen LogP contribution in [0.2, 0.25) is 5.02 Å². The highest BCUT2D eigenvalue weighted by Crippen LogP contribution is 2.26. The molecule has 0 spiro atoms. The summed E-state index contributed by atoms with van der Waals surface area (Å²) in [6.07, 6.45) is -0.624. The molecule has 0 amide bonds. The number of nitrogens with zero attached hydrogens (tertiary/aromatic N) is 1. The minimum absolute atomic E-state index is 0.367. The number of hydrogen-bond acceptors (Lipinski definition) is 4. The maximum atomic E-state index is 11.1. The second kappa shape index (κ2) is 4.59. The molecule has 5 nitrogen and oxygen atoms in total. The molecule has 1 aromatic rings. The Balaban J connectivity index is 2.23. The van der Waals surface area contributed by atoms with Crippen LogP contribution in [0.4, 0.5) is 0 Å². The van der Waals surface area contributed by atoms with Crippen molar-refractivity contribution >= 4 is 23.5 Å². The molecule has 2 N–H and O–H groups in total. The monoisotopic (exact) mass is 268 g/mol. The molecule has 0 bridgehead atoms. The van der Waals surface area contributed by atoms with Gasteiger partial charge in [0.2, 0.25) is 5.90 Å². The third-order valence-corrected chi connectivity index (χ3v) is 3.09. The highest BCUT2D eigenvalue weighted by Gasteiger charge is 2.40. The van der Waals surface area contributed by atoms with E-state index in [-0.39, 0.29) is 0 Å². The van der Waals surface area contributed by atoms with Gasteiger partial charge in [0.1, 0.15) is 5.41 Å². The fourth-order valence-electron chi connectivity index (χ4n) is 1.43. The SMILES string of the molecule is CC(C)(C(=O)O)C1N=C(c2ccc(Cl)cc2)ON1. The summed E-state index contributed by atoms with van der Waals surface area (Å²) in [6, 6.07) is 6.97. The Morgan fingerprint density at radius 3 is 2.61 bits per heavy atom. The lowest BCUT2D eigenvalue weighted by atomic mass is 9.90. The number of aliphatic carboxylic acids is 1. The van der Waals surface area contributed by atoms with Crippen molar-refractivity contribution in [3.63, 3.8) is 0 Å². The Morgan fingerprint density at radius 1 is 1.44 bits per heavy atom. The van der Waals surface area contributed by atoms with Crippen LogP contribution in [0.1, 0.15) is 19.4 Å². The number of hydroxylamine groups is 1. The van der Waals surface area contributed by atoms with E-state index in [0.29, 0.717) is 10.9 Å². The first-order valence-corrected chi connectivity index (χ1v) is 5.78. The van der Waals surface area contributed by atoms with Crippen molar-refractivity contribution in [1.82, 2.24) is 5.48 Å². The molecule has 1 heterocycles. The van der Waals surface area contributed by atoms with Gasteiger partial charge in [-0.15, -0.1) is 5.48 Å². The third-order valence-electron chi connectivity index (χ3n) is 2.84. The highest BCUT2D eigenvalue weighted by atomic mass is 35.5. The maximum absolute atomic E-state index is 11.1. The molecule has 1 aromatic carbocycles. The largest absolute Gasteiger partial charge is 0.481 e. The van der Waals surface area contributed by atoms with E-state index in [2.05, 4.69) is 10.5 Å². The number of rotatable bonds is 3. The summed E-state index contributed by atoms with van der Waals surface area (Å²) in [5.74, 6) is -0.573. The number of carbonyl (C=O) groups is 1. The second-order valence-corrected chi connectivity index (χ2v) is 5.03. The topological polar surface area (TPSA) is 70.9 Å². The normalized spacial score (nSPS) is 19.3. The van der Waals surface area contributed by atoms with Gasteiger partial charge in [0.15, 0.2) is 6.17 Å². The van der Waals surface area contributed by atoms with Crippen LogP contribution in [-0.2, 0) is 9.63 Å². The van der Waals surface area contributed by atoms with Gasteiger partial charge in [-0.3, -0.25) is 4.79 Å². The van der Waals surface area contributed by atoms with Crippen LogP contribution in [0.25, 0.3) is 0 Å². The number of benzene rings is 1. The molecule has 0 saturated carbocycles. The number of carboxylic acids is 1. The van der Waals surface area contributed by atoms with Gasteiger partial charge in [-0.2, -0.15) is 0 Å². The number of halogens is 1. The van der Waals surface area contributed by atoms with E-state index >= 15 is 0 Å². The zero-order chi connectivity index (χ0) is 13.3. The Kier molecular flexibility index (Phi) is 3.28. The Morgan fingerprint density at radius 2 is 2.06 bits per heavy atom. The van der Waals surface area contributed by atoms with Crippen LogP contribution in [-0.4, -0.2) is 23.1 Å². The van der Waals surface area contributed by atoms with Gasteiger partial charge in [-0.05, 0) is 38.1 Å². The number of aliphatic imine (C=N–C) groups is 1. The predicted octanol–water partition coefficient (Wildman–Crippen LogP) is 2.06. The first kappa shape index (κ1) is 12.9. The van der Waals surface area contributed by atoms with E-state index in [9.17, 15) is 4.79 Å². The Hall–Kier alpha value is -1.59. The van der Waals surface area contributed by atoms with Crippen molar-refractivity contribution in [3.05, 3.63) is 34.9 Å². The predicted molar refractivity (Wildman–Crippen MR) is 67.4 cm³/mol. The highest BCUT2D eigenvalue weighted by molar-refractivity contribution is 6.30. The van der Waals surface area contributed by atoms with E-state index in [1.54, 1.807) is 38.1 Å². The summed E-state index contributed by atoms with van der Waals surface area (Å²) in [7, 11) is 0. The van der Waals surface area contributed by atoms with Crippen molar-refractivity contribution < 1.29 is 14.7 Å². The lowest BCUT2D eigenvalue weighted by Crippen LogP contribution is -2.42. The van der Waals surface area contributed by atoms with E-state index in [1.807, 2.05) is 0 Å². The van der Waals surface area contributed by atoms with E-state index in [1.165, 1.54) is 0 Å². The summed E-state index contributed by atoms with van der Waals surface area (Å²) in [6.45, 7) is 3.18. The molecule has 18 heavy (non-hydrogen) atoms. The molecule has 0 aliphatic carbocycles. The molecule has 1 aliphatic rings. The zero-order valence-electron chi connectivity index (χ0n) is 9.98. The zero-order valence-corrected chi connectivity index (χ0v) is 10.7. The van der Waals surface area contributed by atoms with Crippen molar-refractivity contribution in [2.75, 3.05) is 0 Å². The van der Waals surface area contributed by atoms with Crippen molar-refractivity contribution in [1.29, 1.82) is 0 Å². The van der Waals surface area contributed by atoms with Gasteiger partial charge in [-0.25, -0.2) is 4.99 Å². The first-order chi connectivity index (χ1) is 8.41. The van der Waals surface area contributed by atoms with Gasteiger partial charge < -0.3 is 9.94 Å². The third kappa shape index (κ3) is 2.32. The average molecular weight is 269 g/mol. The van der Waals surface area contributed by atoms with E-state index in [4.69, 9.17) is 21.5 Å². The molecule has 1 atom stereocenters. The van der Waals surface area contributed by atoms with Crippen molar-refractivity contribution in [3.8, 4) is 0 Å². The molecular formula is C12H13ClN2O3. The van der Waals surface area contributed by atoms with Crippen molar-refractivity contribution in [2.24, 2.45) is 10.4 Å². The molecule has 2 rings (SSSR count). The smallest absolute Gasteiger partial charge is 0.312 e. The van der Waals surface area contributed by atoms with Gasteiger partial charge in [0.05, 0.1) is 0 Å². The maximum Gasteiger partial charge on any atom is 0.312 e. The molecule has 0 saturated heterocycles. The molecule has 96 valence electrons. The standard InChI is InChI=1S/C12H13ClN2O3/c1-12(2,11(16)17)10-14-9(18-15-10)7-3-5-8(13)6-4-7/h3-6,10,15H,1-2H3,(H,16,17). The summed E-state index contributed by atoms with van der Waals surface area (Å²) in [5.41, 5.74) is 2.32. The molecule has 0 fully saturated rings. The molecule has 1 aliphatic heterocycles. The average Bonchev–Trinajstić information content (AvgIpc) is 2.79. The minimum atomic E-state index is -1.05. The van der Waals surface area contributed by atoms with Gasteiger partial charge in [-0.1, -0.05) is 11.6 Å². The quantitative estimate of drug-likeness (QED) is 0.880. The van der Waals surface area contributed by atoms with Crippen LogP contribution in [0.5, 0.6) is 0 Å². The number of hydrogen-bond donors (Lipinski definition) is 2. The summed E-state index contributed by atoms with van der Waals surface area (Å²) in [4.78, 5) is 20.6. The summed E-state index contributed by atoms with van der Waals surface area (Å²) in [5, 5.41) is 9.73. The van der Waals surface area contributed by atoms with Gasteiger partial charge in [0.25, 0.3) is 0 Å². The number of nitrogens with one attached hydrogen (secondary N) is 1. The first-order valence-electron chi connectivity index (χ1n) is 5.41. The van der Waals surface area contributed by atoms with E-state index in [0.717, 1.165) is 5.56 Å². The van der Waals surface area contributed by atoms with Crippen LogP contribution in [0.3, 0.4) is 0 Å². The molecule has 0 radical (unpaired) electrons. The Labute approximate surface area is 109 Å². The van der Waals surface area contributed by atoms with Crippen LogP contribution >= 0.6 is 11.6 Å². The van der Waals surface area contributed by atoms with Crippen LogP contribution in [0.15, 0.2) is 29.3 Å². The van der Waals surface area contributed by atoms with Gasteiger partial charge >= 0.3 is 5.97 Å². The molecule has 0 aromatic heterocycles. The lowest BCUT2D eigenvalue weighted by molar-refractivity contribution is -0.149. The Bertz CT molecular complexity index is 497. The van der Waals surface area contributed by atoms with Crippen LogP contribution in [0, 0.1) is 5.41 Å². The molecule has 6 heteroatoms. The minimum Gasteiger partial charge on any atom is -0.481 e. The van der Waals surface area contributed by atoms with Gasteiger partial charge in [0, 0.05) is 10.6 Å². The summed E-state index contributed by atoms with van der Waals surface area (Å²) >= 11 is 5.79. The second-order valence-electron chi connectivity index (χ2n) is 4.59. The fourth-order valence-corrected chi connectivity index (χ4v) is 1.56. The lowest BCUT2D eigenvalue weighted by Gasteiger charge is -2.22. The number of carboxylic acid groups (broad SMARTS) is 1. The van der Waals surface area contributed by atoms with Crippen molar-refractivity contribution in [2.45, 2.75) is 20.0 Å². The fraction of sp³-hybridized carbons (Fsp3) is 0.333. The summed E-state index contributed by atoms with van der Waals surface area (Å²) < 4.78 is 0. The molecular weight excluding hydrogens is 256 g/mol. The van der Waals surface area contributed by atoms with Crippen LogP contribution < -0.4 is 5.48 Å².